The van der Waals surface area contributed by atoms with Crippen LogP contribution in [0.2, 0.25) is 4.34 Å². The van der Waals surface area contributed by atoms with E-state index in [9.17, 15) is 4.79 Å². The average Bonchev–Trinajstić information content (AvgIpc) is 2.83. The van der Waals surface area contributed by atoms with E-state index in [1.54, 1.807) is 6.07 Å². The van der Waals surface area contributed by atoms with Crippen LogP contribution in [0.3, 0.4) is 0 Å². The first-order chi connectivity index (χ1) is 8.70. The lowest BCUT2D eigenvalue weighted by Crippen LogP contribution is -2.38. The van der Waals surface area contributed by atoms with Crippen LogP contribution in [-0.2, 0) is 0 Å². The molecule has 0 unspecified atom stereocenters. The van der Waals surface area contributed by atoms with Crippen molar-refractivity contribution in [2.45, 2.75) is 19.3 Å². The third kappa shape index (κ3) is 4.63. The molecule has 1 aliphatic rings. The van der Waals surface area contributed by atoms with Gasteiger partial charge in [-0.05, 0) is 50.9 Å². The molecule has 3 nitrogen and oxygen atoms in total. The summed E-state index contributed by atoms with van der Waals surface area (Å²) in [5, 5.41) is 3.18. The summed E-state index contributed by atoms with van der Waals surface area (Å²) in [6.45, 7) is 2.82. The molecule has 0 aromatic carbocycles. The maximum absolute atomic E-state index is 12.2. The van der Waals surface area contributed by atoms with Gasteiger partial charge in [0.05, 0.1) is 9.21 Å². The Bertz CT molecular complexity index is 403. The maximum atomic E-state index is 12.2. The van der Waals surface area contributed by atoms with Gasteiger partial charge in [0.25, 0.3) is 5.91 Å². The normalized spacial score (nSPS) is 16.2. The molecule has 1 N–H and O–H groups in total. The third-order valence-corrected chi connectivity index (χ3v) is 4.71. The number of hydrogen-bond donors (Lipinski definition) is 1. The summed E-state index contributed by atoms with van der Waals surface area (Å²) >= 11 is 7.23. The van der Waals surface area contributed by atoms with Crippen molar-refractivity contribution in [3.8, 4) is 0 Å². The molecule has 0 atom stereocenters. The van der Waals surface area contributed by atoms with Crippen molar-refractivity contribution in [2.75, 3.05) is 26.7 Å². The Balaban J connectivity index is 0.00000180. The molecule has 19 heavy (non-hydrogen) atoms. The zero-order valence-electron chi connectivity index (χ0n) is 11.0. The van der Waals surface area contributed by atoms with Crippen LogP contribution in [0.15, 0.2) is 12.1 Å². The molecular weight excluding hydrogens is 303 g/mol. The van der Waals surface area contributed by atoms with Gasteiger partial charge in [-0.2, -0.15) is 0 Å². The van der Waals surface area contributed by atoms with Crippen LogP contribution in [0, 0.1) is 5.92 Å². The van der Waals surface area contributed by atoms with Crippen LogP contribution in [0.4, 0.5) is 0 Å². The number of hydrogen-bond acceptors (Lipinski definition) is 3. The Morgan fingerprint density at radius 3 is 2.68 bits per heavy atom. The van der Waals surface area contributed by atoms with E-state index in [0.29, 0.717) is 4.34 Å². The zero-order chi connectivity index (χ0) is 13.0. The van der Waals surface area contributed by atoms with Gasteiger partial charge in [0.2, 0.25) is 0 Å². The molecule has 1 fully saturated rings. The van der Waals surface area contributed by atoms with Gasteiger partial charge in [-0.25, -0.2) is 0 Å². The number of rotatable bonds is 4. The van der Waals surface area contributed by atoms with E-state index in [0.717, 1.165) is 43.3 Å². The van der Waals surface area contributed by atoms with Crippen molar-refractivity contribution in [3.63, 3.8) is 0 Å². The molecular formula is C13H20Cl2N2OS. The fourth-order valence-electron chi connectivity index (χ4n) is 2.36. The van der Waals surface area contributed by atoms with Crippen molar-refractivity contribution in [3.05, 3.63) is 21.3 Å². The Morgan fingerprint density at radius 1 is 1.47 bits per heavy atom. The quantitative estimate of drug-likeness (QED) is 0.922. The van der Waals surface area contributed by atoms with E-state index in [2.05, 4.69) is 5.32 Å². The second kappa shape index (κ2) is 8.10. The molecule has 1 aromatic rings. The minimum atomic E-state index is 0. The van der Waals surface area contributed by atoms with E-state index in [4.69, 9.17) is 11.6 Å². The first-order valence-corrected chi connectivity index (χ1v) is 7.59. The maximum Gasteiger partial charge on any atom is 0.263 e. The number of halogens is 2. The summed E-state index contributed by atoms with van der Waals surface area (Å²) in [6, 6.07) is 3.61. The van der Waals surface area contributed by atoms with E-state index in [-0.39, 0.29) is 18.3 Å². The van der Waals surface area contributed by atoms with Crippen LogP contribution in [0.1, 0.15) is 28.9 Å². The first-order valence-electron chi connectivity index (χ1n) is 6.40. The van der Waals surface area contributed by atoms with E-state index in [1.165, 1.54) is 17.8 Å². The highest BCUT2D eigenvalue weighted by Crippen LogP contribution is 2.26. The largest absolute Gasteiger partial charge is 0.338 e. The molecule has 2 heterocycles. The Labute approximate surface area is 129 Å². The van der Waals surface area contributed by atoms with Gasteiger partial charge in [-0.3, -0.25) is 4.79 Å². The summed E-state index contributed by atoms with van der Waals surface area (Å²) in [4.78, 5) is 14.9. The van der Waals surface area contributed by atoms with Gasteiger partial charge in [-0.1, -0.05) is 11.6 Å². The van der Waals surface area contributed by atoms with Crippen molar-refractivity contribution in [1.29, 1.82) is 0 Å². The molecule has 0 spiro atoms. The molecule has 0 radical (unpaired) electrons. The lowest BCUT2D eigenvalue weighted by Gasteiger charge is -2.31. The molecule has 1 saturated heterocycles. The zero-order valence-corrected chi connectivity index (χ0v) is 13.4. The molecule has 1 amide bonds. The Kier molecular flexibility index (Phi) is 7.15. The van der Waals surface area contributed by atoms with E-state index >= 15 is 0 Å². The molecule has 0 bridgehead atoms. The van der Waals surface area contributed by atoms with Crippen molar-refractivity contribution < 1.29 is 4.79 Å². The van der Waals surface area contributed by atoms with Crippen LogP contribution in [-0.4, -0.2) is 37.5 Å². The number of thiophene rings is 1. The van der Waals surface area contributed by atoms with E-state index in [1.807, 2.05) is 18.0 Å². The standard InChI is InChI=1S/C13H19ClN2OS.ClH/c1-15-7-4-10-5-8-16(9-6-10)13(17)11-2-3-12(14)18-11;/h2-3,10,15H,4-9H2,1H3;1H. The highest BCUT2D eigenvalue weighted by molar-refractivity contribution is 7.17. The second-order valence-corrected chi connectivity index (χ2v) is 6.45. The third-order valence-electron chi connectivity index (χ3n) is 3.49. The van der Waals surface area contributed by atoms with Crippen molar-refractivity contribution >= 4 is 41.3 Å². The Morgan fingerprint density at radius 2 is 2.16 bits per heavy atom. The monoisotopic (exact) mass is 322 g/mol. The number of carbonyl (C=O) groups is 1. The van der Waals surface area contributed by atoms with Gasteiger partial charge in [0.15, 0.2) is 0 Å². The highest BCUT2D eigenvalue weighted by atomic mass is 35.5. The van der Waals surface area contributed by atoms with Gasteiger partial charge in [-0.15, -0.1) is 23.7 Å². The molecule has 0 saturated carbocycles. The van der Waals surface area contributed by atoms with Crippen LogP contribution >= 0.6 is 35.3 Å². The lowest BCUT2D eigenvalue weighted by atomic mass is 9.93. The molecule has 1 aromatic heterocycles. The van der Waals surface area contributed by atoms with Crippen LogP contribution < -0.4 is 5.32 Å². The van der Waals surface area contributed by atoms with Crippen molar-refractivity contribution in [2.24, 2.45) is 5.92 Å². The van der Waals surface area contributed by atoms with Gasteiger partial charge >= 0.3 is 0 Å². The molecule has 6 heteroatoms. The number of amides is 1. The summed E-state index contributed by atoms with van der Waals surface area (Å²) in [7, 11) is 1.99. The summed E-state index contributed by atoms with van der Waals surface area (Å²) in [5.41, 5.74) is 0. The van der Waals surface area contributed by atoms with E-state index < -0.39 is 0 Å². The minimum absolute atomic E-state index is 0. The van der Waals surface area contributed by atoms with Crippen molar-refractivity contribution in [1.82, 2.24) is 10.2 Å². The summed E-state index contributed by atoms with van der Waals surface area (Å²) in [6.07, 6.45) is 3.45. The minimum Gasteiger partial charge on any atom is -0.338 e. The highest BCUT2D eigenvalue weighted by Gasteiger charge is 2.24. The number of likely N-dealkylation sites (tertiary alicyclic amines) is 1. The number of piperidine rings is 1. The Hall–Kier alpha value is -0.290. The molecule has 1 aliphatic heterocycles. The lowest BCUT2D eigenvalue weighted by molar-refractivity contribution is 0.0692. The summed E-state index contributed by atoms with van der Waals surface area (Å²) in [5.74, 6) is 0.896. The van der Waals surface area contributed by atoms with Gasteiger partial charge < -0.3 is 10.2 Å². The number of nitrogens with zero attached hydrogens (tertiary/aromatic N) is 1. The fraction of sp³-hybridized carbons (Fsp3) is 0.615. The number of carbonyl (C=O) groups excluding carboxylic acids is 1. The smallest absolute Gasteiger partial charge is 0.263 e. The SMILES string of the molecule is CNCCC1CCN(C(=O)c2ccc(Cl)s2)CC1.Cl. The second-order valence-electron chi connectivity index (χ2n) is 4.73. The average molecular weight is 323 g/mol. The first kappa shape index (κ1) is 16.8. The van der Waals surface area contributed by atoms with Crippen LogP contribution in [0.25, 0.3) is 0 Å². The van der Waals surface area contributed by atoms with Gasteiger partial charge in [0, 0.05) is 13.1 Å². The molecule has 2 rings (SSSR count). The molecule has 0 aliphatic carbocycles. The topological polar surface area (TPSA) is 32.3 Å². The van der Waals surface area contributed by atoms with Gasteiger partial charge in [0.1, 0.15) is 0 Å². The number of nitrogens with one attached hydrogen (secondary N) is 1. The van der Waals surface area contributed by atoms with Crippen LogP contribution in [0.5, 0.6) is 0 Å². The fourth-order valence-corrected chi connectivity index (χ4v) is 3.37. The predicted octanol–water partition coefficient (Wildman–Crippen LogP) is 3.29. The predicted molar refractivity (Wildman–Crippen MR) is 83.7 cm³/mol. The summed E-state index contributed by atoms with van der Waals surface area (Å²) < 4.78 is 0.683. The molecule has 108 valence electrons.